The lowest BCUT2D eigenvalue weighted by Gasteiger charge is -2.13. The summed E-state index contributed by atoms with van der Waals surface area (Å²) in [5.41, 5.74) is 1.26. The Hall–Kier alpha value is -0.800. The summed E-state index contributed by atoms with van der Waals surface area (Å²) in [5.74, 6) is 0.996. The van der Waals surface area contributed by atoms with Gasteiger partial charge >= 0.3 is 0 Å². The second kappa shape index (κ2) is 10.2. The summed E-state index contributed by atoms with van der Waals surface area (Å²) in [6.45, 7) is 3.67. The third-order valence-electron chi connectivity index (χ3n) is 2.31. The second-order valence-electron chi connectivity index (χ2n) is 3.89. The molecule has 0 heterocycles. The van der Waals surface area contributed by atoms with Crippen molar-refractivity contribution in [3.63, 3.8) is 0 Å². The minimum atomic E-state index is 0. The molecule has 1 rings (SSSR count). The molecule has 104 valence electrons. The highest BCUT2D eigenvalue weighted by Crippen LogP contribution is 2.20. The third-order valence-corrected chi connectivity index (χ3v) is 3.45. The fourth-order valence-electron chi connectivity index (χ4n) is 1.35. The Morgan fingerprint density at radius 2 is 1.83 bits per heavy atom. The molecular formula is C15H26O2S. The molecule has 0 aliphatic carbocycles. The van der Waals surface area contributed by atoms with Crippen molar-refractivity contribution in [1.82, 2.24) is 0 Å². The van der Waals surface area contributed by atoms with Crippen molar-refractivity contribution in [1.29, 1.82) is 0 Å². The summed E-state index contributed by atoms with van der Waals surface area (Å²) in [6, 6.07) is 8.38. The lowest BCUT2D eigenvalue weighted by atomic mass is 10.2. The molecule has 0 radical (unpaired) electrons. The molecule has 1 atom stereocenters. The van der Waals surface area contributed by atoms with E-state index in [1.165, 1.54) is 10.5 Å². The highest BCUT2D eigenvalue weighted by molar-refractivity contribution is 7.99. The summed E-state index contributed by atoms with van der Waals surface area (Å²) in [5, 5.41) is 0. The predicted octanol–water partition coefficient (Wildman–Crippen LogP) is 4.35. The lowest BCUT2D eigenvalue weighted by Crippen LogP contribution is -2.17. The Balaban J connectivity index is 0. The zero-order valence-corrected chi connectivity index (χ0v) is 10.8. The van der Waals surface area contributed by atoms with Crippen LogP contribution in [0.5, 0.6) is 0 Å². The molecule has 0 amide bonds. The van der Waals surface area contributed by atoms with Gasteiger partial charge in [0.25, 0.3) is 0 Å². The number of aryl methyl sites for hydroxylation is 1. The molecule has 1 aromatic carbocycles. The van der Waals surface area contributed by atoms with Gasteiger partial charge in [-0.05, 0) is 26.0 Å². The summed E-state index contributed by atoms with van der Waals surface area (Å²) >= 11 is 1.73. The standard InChI is InChI=1S/C13H18O2S.2CH4/c1-10-4-6-13(7-5-10)16-9-12(15-3)8-11(2)14;;/h4-7,12H,8-9H2,1-3H3;2*1H4. The van der Waals surface area contributed by atoms with Crippen molar-refractivity contribution < 1.29 is 9.53 Å². The quantitative estimate of drug-likeness (QED) is 0.719. The van der Waals surface area contributed by atoms with Crippen LogP contribution >= 0.6 is 11.8 Å². The molecule has 0 fully saturated rings. The van der Waals surface area contributed by atoms with Crippen molar-refractivity contribution in [2.45, 2.75) is 46.1 Å². The number of ketones is 1. The maximum absolute atomic E-state index is 11.0. The van der Waals surface area contributed by atoms with Crippen LogP contribution in [0, 0.1) is 6.92 Å². The van der Waals surface area contributed by atoms with E-state index in [9.17, 15) is 4.79 Å². The third kappa shape index (κ3) is 7.51. The van der Waals surface area contributed by atoms with E-state index in [2.05, 4.69) is 31.2 Å². The molecule has 18 heavy (non-hydrogen) atoms. The minimum Gasteiger partial charge on any atom is -0.380 e. The molecule has 0 aliphatic rings. The Kier molecular flexibility index (Phi) is 11.0. The number of hydrogen-bond acceptors (Lipinski definition) is 3. The first-order chi connectivity index (χ1) is 7.61. The maximum Gasteiger partial charge on any atom is 0.132 e. The summed E-state index contributed by atoms with van der Waals surface area (Å²) in [6.07, 6.45) is 0.513. The van der Waals surface area contributed by atoms with Crippen molar-refractivity contribution in [3.8, 4) is 0 Å². The SMILES string of the molecule is C.C.COC(CSc1ccc(C)cc1)CC(C)=O. The molecule has 0 saturated heterocycles. The van der Waals surface area contributed by atoms with Gasteiger partial charge < -0.3 is 4.74 Å². The van der Waals surface area contributed by atoms with Gasteiger partial charge in [0, 0.05) is 24.2 Å². The average Bonchev–Trinajstić information content (AvgIpc) is 2.26. The molecular weight excluding hydrogens is 244 g/mol. The number of carbonyl (C=O) groups is 1. The van der Waals surface area contributed by atoms with Crippen molar-refractivity contribution in [2.75, 3.05) is 12.9 Å². The van der Waals surface area contributed by atoms with Crippen molar-refractivity contribution in [2.24, 2.45) is 0 Å². The van der Waals surface area contributed by atoms with Gasteiger partial charge in [0.2, 0.25) is 0 Å². The Morgan fingerprint density at radius 1 is 1.28 bits per heavy atom. The first-order valence-corrected chi connectivity index (χ1v) is 6.32. The number of ether oxygens (including phenoxy) is 1. The van der Waals surface area contributed by atoms with Crippen LogP contribution in [0.3, 0.4) is 0 Å². The van der Waals surface area contributed by atoms with Crippen LogP contribution in [0.15, 0.2) is 29.2 Å². The van der Waals surface area contributed by atoms with Crippen LogP contribution in [0.4, 0.5) is 0 Å². The molecule has 0 aliphatic heterocycles. The monoisotopic (exact) mass is 270 g/mol. The van der Waals surface area contributed by atoms with Gasteiger partial charge in [0.05, 0.1) is 6.10 Å². The number of methoxy groups -OCH3 is 1. The van der Waals surface area contributed by atoms with E-state index >= 15 is 0 Å². The molecule has 0 saturated carbocycles. The van der Waals surface area contributed by atoms with E-state index in [1.807, 2.05) is 0 Å². The van der Waals surface area contributed by atoms with Gasteiger partial charge in [-0.15, -0.1) is 11.8 Å². The van der Waals surface area contributed by atoms with Crippen LogP contribution < -0.4 is 0 Å². The van der Waals surface area contributed by atoms with E-state index in [0.717, 1.165) is 5.75 Å². The normalized spacial score (nSPS) is 11.1. The van der Waals surface area contributed by atoms with Gasteiger partial charge in [0.15, 0.2) is 0 Å². The summed E-state index contributed by atoms with van der Waals surface area (Å²) in [4.78, 5) is 12.2. The number of thioether (sulfide) groups is 1. The molecule has 2 nitrogen and oxygen atoms in total. The molecule has 0 bridgehead atoms. The van der Waals surface area contributed by atoms with Gasteiger partial charge in [0.1, 0.15) is 5.78 Å². The van der Waals surface area contributed by atoms with Crippen LogP contribution in [-0.2, 0) is 9.53 Å². The Morgan fingerprint density at radius 3 is 2.28 bits per heavy atom. The number of benzene rings is 1. The van der Waals surface area contributed by atoms with Crippen LogP contribution in [-0.4, -0.2) is 24.7 Å². The van der Waals surface area contributed by atoms with E-state index < -0.39 is 0 Å². The van der Waals surface area contributed by atoms with Gasteiger partial charge in [-0.2, -0.15) is 0 Å². The predicted molar refractivity (Wildman–Crippen MR) is 81.5 cm³/mol. The molecule has 1 aromatic rings. The fraction of sp³-hybridized carbons (Fsp3) is 0.533. The number of hydrogen-bond donors (Lipinski definition) is 0. The van der Waals surface area contributed by atoms with Crippen molar-refractivity contribution >= 4 is 17.5 Å². The average molecular weight is 270 g/mol. The van der Waals surface area contributed by atoms with Crippen LogP contribution in [0.2, 0.25) is 0 Å². The van der Waals surface area contributed by atoms with E-state index in [4.69, 9.17) is 4.74 Å². The molecule has 0 aromatic heterocycles. The zero-order chi connectivity index (χ0) is 12.0. The molecule has 0 N–H and O–H groups in total. The topological polar surface area (TPSA) is 26.3 Å². The largest absolute Gasteiger partial charge is 0.380 e. The lowest BCUT2D eigenvalue weighted by molar-refractivity contribution is -0.119. The molecule has 1 unspecified atom stereocenters. The Bertz CT molecular complexity index is 333. The molecule has 0 spiro atoms. The number of rotatable bonds is 6. The highest BCUT2D eigenvalue weighted by atomic mass is 32.2. The summed E-state index contributed by atoms with van der Waals surface area (Å²) < 4.78 is 5.26. The second-order valence-corrected chi connectivity index (χ2v) is 4.98. The minimum absolute atomic E-state index is 0. The van der Waals surface area contributed by atoms with E-state index in [1.54, 1.807) is 25.8 Å². The first-order valence-electron chi connectivity index (χ1n) is 5.33. The maximum atomic E-state index is 11.0. The zero-order valence-electron chi connectivity index (χ0n) is 10.0. The Labute approximate surface area is 116 Å². The van der Waals surface area contributed by atoms with Crippen molar-refractivity contribution in [3.05, 3.63) is 29.8 Å². The summed E-state index contributed by atoms with van der Waals surface area (Å²) in [7, 11) is 1.66. The van der Waals surface area contributed by atoms with Gasteiger partial charge in [-0.25, -0.2) is 0 Å². The smallest absolute Gasteiger partial charge is 0.132 e. The number of carbonyl (C=O) groups excluding carboxylic acids is 1. The van der Waals surface area contributed by atoms with Crippen LogP contribution in [0.1, 0.15) is 33.8 Å². The van der Waals surface area contributed by atoms with E-state index in [0.29, 0.717) is 6.42 Å². The van der Waals surface area contributed by atoms with Crippen LogP contribution in [0.25, 0.3) is 0 Å². The van der Waals surface area contributed by atoms with E-state index in [-0.39, 0.29) is 26.7 Å². The fourth-order valence-corrected chi connectivity index (χ4v) is 2.32. The molecule has 3 heteroatoms. The first kappa shape index (κ1) is 19.5. The number of Topliss-reactive ketones (excluding diaryl/α,β-unsaturated/α-hetero) is 1. The van der Waals surface area contributed by atoms with Gasteiger partial charge in [-0.3, -0.25) is 4.79 Å². The highest BCUT2D eigenvalue weighted by Gasteiger charge is 2.10. The van der Waals surface area contributed by atoms with Gasteiger partial charge in [-0.1, -0.05) is 32.5 Å².